The Balaban J connectivity index is 1.74. The zero-order valence-corrected chi connectivity index (χ0v) is 22.0. The molecule has 3 rings (SSSR count). The maximum Gasteiger partial charge on any atom is 0.344 e. The number of ether oxygens (including phenoxy) is 2. The molecule has 0 aromatic heterocycles. The highest BCUT2D eigenvalue weighted by molar-refractivity contribution is 14.1. The summed E-state index contributed by atoms with van der Waals surface area (Å²) >= 11 is 5.62. The second-order valence-electron chi connectivity index (χ2n) is 6.41. The van der Waals surface area contributed by atoms with E-state index in [0.717, 1.165) is 24.8 Å². The molecule has 0 atom stereocenters. The van der Waals surface area contributed by atoms with Gasteiger partial charge in [-0.3, -0.25) is 4.79 Å². The molecule has 1 saturated heterocycles. The van der Waals surface area contributed by atoms with Crippen LogP contribution in [0.25, 0.3) is 6.08 Å². The average Bonchev–Trinajstić information content (AvgIpc) is 3.06. The summed E-state index contributed by atoms with van der Waals surface area (Å²) in [6, 6.07) is 11.8. The van der Waals surface area contributed by atoms with Crippen molar-refractivity contribution in [2.24, 2.45) is 4.99 Å². The van der Waals surface area contributed by atoms with Gasteiger partial charge in [0.15, 0.2) is 11.8 Å². The first-order valence-electron chi connectivity index (χ1n) is 9.55. The minimum atomic E-state index is -0.407. The van der Waals surface area contributed by atoms with Gasteiger partial charge in [-0.05, 0) is 112 Å². The van der Waals surface area contributed by atoms with Gasteiger partial charge in [0, 0.05) is 0 Å². The third-order valence-electron chi connectivity index (χ3n) is 4.18. The van der Waals surface area contributed by atoms with Crippen molar-refractivity contribution in [3.05, 3.63) is 59.6 Å². The van der Waals surface area contributed by atoms with Crippen LogP contribution in [0.2, 0.25) is 0 Å². The molecule has 1 heterocycles. The Hall–Kier alpha value is -1.60. The third-order valence-corrected chi connectivity index (χ3v) is 6.70. The first-order chi connectivity index (χ1) is 14.9. The van der Waals surface area contributed by atoms with E-state index in [9.17, 15) is 9.59 Å². The number of esters is 1. The fourth-order valence-electron chi connectivity index (χ4n) is 2.69. The van der Waals surface area contributed by atoms with E-state index in [1.165, 1.54) is 17.3 Å². The predicted octanol–water partition coefficient (Wildman–Crippen LogP) is 5.29. The molecule has 0 aliphatic carbocycles. The highest BCUT2D eigenvalue weighted by Gasteiger charge is 2.24. The summed E-state index contributed by atoms with van der Waals surface area (Å²) in [6.07, 6.45) is 2.79. The van der Waals surface area contributed by atoms with Gasteiger partial charge in [-0.1, -0.05) is 19.1 Å². The SMILES string of the molecule is CCOC(=O)COc1c(I)cc(/C=C2\SC(=Nc3ccc(CC)cc3)NC2=O)cc1I. The summed E-state index contributed by atoms with van der Waals surface area (Å²) in [5, 5.41) is 3.37. The van der Waals surface area contributed by atoms with Gasteiger partial charge in [0.2, 0.25) is 0 Å². The Morgan fingerprint density at radius 3 is 2.45 bits per heavy atom. The van der Waals surface area contributed by atoms with Crippen molar-refractivity contribution in [1.29, 1.82) is 0 Å². The van der Waals surface area contributed by atoms with E-state index < -0.39 is 5.97 Å². The van der Waals surface area contributed by atoms with Gasteiger partial charge in [0.1, 0.15) is 5.75 Å². The molecule has 1 fully saturated rings. The van der Waals surface area contributed by atoms with Crippen molar-refractivity contribution >= 4 is 85.8 Å². The molecule has 2 aromatic rings. The smallest absolute Gasteiger partial charge is 0.344 e. The Morgan fingerprint density at radius 2 is 1.84 bits per heavy atom. The number of hydrogen-bond acceptors (Lipinski definition) is 6. The van der Waals surface area contributed by atoms with E-state index in [1.807, 2.05) is 42.5 Å². The molecule has 0 saturated carbocycles. The molecular formula is C22H20I2N2O4S. The van der Waals surface area contributed by atoms with Crippen LogP contribution in [0.3, 0.4) is 0 Å². The first-order valence-corrected chi connectivity index (χ1v) is 12.5. The van der Waals surface area contributed by atoms with E-state index >= 15 is 0 Å². The molecule has 0 unspecified atom stereocenters. The second kappa shape index (κ2) is 11.3. The number of aliphatic imine (C=N–C) groups is 1. The fraction of sp³-hybridized carbons (Fsp3) is 0.227. The lowest BCUT2D eigenvalue weighted by Crippen LogP contribution is -2.19. The van der Waals surface area contributed by atoms with Gasteiger partial charge in [-0.2, -0.15) is 0 Å². The lowest BCUT2D eigenvalue weighted by atomic mass is 10.2. The number of halogens is 2. The van der Waals surface area contributed by atoms with Crippen molar-refractivity contribution in [1.82, 2.24) is 5.32 Å². The van der Waals surface area contributed by atoms with E-state index in [0.29, 0.717) is 22.4 Å². The summed E-state index contributed by atoms with van der Waals surface area (Å²) in [5.74, 6) is 0.0368. The molecule has 1 N–H and O–H groups in total. The Bertz CT molecular complexity index is 1030. The maximum atomic E-state index is 12.4. The molecule has 0 bridgehead atoms. The number of aryl methyl sites for hydroxylation is 1. The Kier molecular flexibility index (Phi) is 8.78. The number of amides is 1. The first kappa shape index (κ1) is 24.1. The number of thioether (sulfide) groups is 1. The minimum Gasteiger partial charge on any atom is -0.480 e. The van der Waals surface area contributed by atoms with Crippen LogP contribution in [0.4, 0.5) is 5.69 Å². The van der Waals surface area contributed by atoms with Gasteiger partial charge in [0.05, 0.1) is 24.3 Å². The number of rotatable bonds is 7. The van der Waals surface area contributed by atoms with E-state index in [1.54, 1.807) is 6.92 Å². The van der Waals surface area contributed by atoms with Gasteiger partial charge in [0.25, 0.3) is 5.91 Å². The van der Waals surface area contributed by atoms with Crippen LogP contribution in [0, 0.1) is 7.14 Å². The van der Waals surface area contributed by atoms with Crippen LogP contribution in [-0.2, 0) is 20.7 Å². The molecular weight excluding hydrogens is 642 g/mol. The molecule has 6 nitrogen and oxygen atoms in total. The molecule has 9 heteroatoms. The quantitative estimate of drug-likeness (QED) is 0.248. The zero-order valence-electron chi connectivity index (χ0n) is 16.9. The maximum absolute atomic E-state index is 12.4. The van der Waals surface area contributed by atoms with E-state index in [2.05, 4.69) is 62.4 Å². The molecule has 0 radical (unpaired) electrons. The standard InChI is InChI=1S/C22H20I2N2O4S/c1-3-13-5-7-15(8-6-13)25-22-26-21(28)18(31-22)11-14-9-16(23)20(17(24)10-14)30-12-19(27)29-4-2/h5-11H,3-4,12H2,1-2H3,(H,25,26,28)/b18-11-. The molecule has 162 valence electrons. The van der Waals surface area contributed by atoms with Crippen molar-refractivity contribution in [3.8, 4) is 5.75 Å². The summed E-state index contributed by atoms with van der Waals surface area (Å²) < 4.78 is 12.2. The molecule has 2 aromatic carbocycles. The lowest BCUT2D eigenvalue weighted by Gasteiger charge is -2.11. The number of carbonyl (C=O) groups is 2. The lowest BCUT2D eigenvalue weighted by molar-refractivity contribution is -0.145. The Morgan fingerprint density at radius 1 is 1.16 bits per heavy atom. The highest BCUT2D eigenvalue weighted by atomic mass is 127. The largest absolute Gasteiger partial charge is 0.480 e. The monoisotopic (exact) mass is 662 g/mol. The molecule has 1 amide bonds. The van der Waals surface area contributed by atoms with Crippen molar-refractivity contribution < 1.29 is 19.1 Å². The molecule has 31 heavy (non-hydrogen) atoms. The summed E-state index contributed by atoms with van der Waals surface area (Å²) in [4.78, 5) is 29.0. The number of nitrogens with one attached hydrogen (secondary N) is 1. The zero-order chi connectivity index (χ0) is 22.4. The van der Waals surface area contributed by atoms with Crippen LogP contribution in [-0.4, -0.2) is 30.3 Å². The average molecular weight is 662 g/mol. The van der Waals surface area contributed by atoms with Gasteiger partial charge < -0.3 is 14.8 Å². The predicted molar refractivity (Wildman–Crippen MR) is 141 cm³/mol. The van der Waals surface area contributed by atoms with E-state index in [4.69, 9.17) is 9.47 Å². The van der Waals surface area contributed by atoms with Gasteiger partial charge in [-0.15, -0.1) is 0 Å². The van der Waals surface area contributed by atoms with Crippen molar-refractivity contribution in [3.63, 3.8) is 0 Å². The number of nitrogens with zero attached hydrogens (tertiary/aromatic N) is 1. The summed E-state index contributed by atoms with van der Waals surface area (Å²) in [7, 11) is 0. The Labute approximate surface area is 212 Å². The summed E-state index contributed by atoms with van der Waals surface area (Å²) in [5.41, 5.74) is 2.91. The number of hydrogen-bond donors (Lipinski definition) is 1. The molecule has 1 aliphatic heterocycles. The van der Waals surface area contributed by atoms with E-state index in [-0.39, 0.29) is 12.5 Å². The van der Waals surface area contributed by atoms with Crippen LogP contribution < -0.4 is 10.1 Å². The van der Waals surface area contributed by atoms with Gasteiger partial charge >= 0.3 is 5.97 Å². The van der Waals surface area contributed by atoms with Crippen LogP contribution in [0.5, 0.6) is 5.75 Å². The van der Waals surface area contributed by atoms with Crippen LogP contribution in [0.1, 0.15) is 25.0 Å². The fourth-order valence-corrected chi connectivity index (χ4v) is 5.66. The molecule has 1 aliphatic rings. The van der Waals surface area contributed by atoms with Gasteiger partial charge in [-0.25, -0.2) is 9.79 Å². The van der Waals surface area contributed by atoms with Crippen molar-refractivity contribution in [2.75, 3.05) is 13.2 Å². The third kappa shape index (κ3) is 6.69. The number of benzene rings is 2. The number of carbonyl (C=O) groups excluding carboxylic acids is 2. The number of amidine groups is 1. The minimum absolute atomic E-state index is 0.141. The summed E-state index contributed by atoms with van der Waals surface area (Å²) in [6.45, 7) is 4.03. The van der Waals surface area contributed by atoms with Crippen molar-refractivity contribution in [2.45, 2.75) is 20.3 Å². The molecule has 0 spiro atoms. The van der Waals surface area contributed by atoms with Crippen LogP contribution in [0.15, 0.2) is 46.3 Å². The van der Waals surface area contributed by atoms with Crippen LogP contribution >= 0.6 is 56.9 Å². The topological polar surface area (TPSA) is 77.0 Å². The second-order valence-corrected chi connectivity index (χ2v) is 9.76. The highest BCUT2D eigenvalue weighted by Crippen LogP contribution is 2.32. The normalized spacial score (nSPS) is 15.9.